The predicted octanol–water partition coefficient (Wildman–Crippen LogP) is 2.67. The molecule has 3 heteroatoms. The second kappa shape index (κ2) is 5.81. The normalized spacial score (nSPS) is 13.1. The van der Waals surface area contributed by atoms with Gasteiger partial charge in [-0.05, 0) is 37.9 Å². The molecule has 0 aliphatic heterocycles. The van der Waals surface area contributed by atoms with Gasteiger partial charge in [-0.2, -0.15) is 0 Å². The highest BCUT2D eigenvalue weighted by atomic mass is 15.1. The van der Waals surface area contributed by atoms with Gasteiger partial charge < -0.3 is 5.73 Å². The van der Waals surface area contributed by atoms with Crippen LogP contribution in [0.3, 0.4) is 0 Å². The van der Waals surface area contributed by atoms with Crippen molar-refractivity contribution in [3.8, 4) is 0 Å². The number of aromatic nitrogens is 1. The highest BCUT2D eigenvalue weighted by molar-refractivity contribution is 5.03. The zero-order valence-electron chi connectivity index (χ0n) is 12.4. The van der Waals surface area contributed by atoms with Crippen LogP contribution in [-0.4, -0.2) is 28.5 Å². The van der Waals surface area contributed by atoms with Gasteiger partial charge in [0.2, 0.25) is 0 Å². The van der Waals surface area contributed by atoms with E-state index in [1.807, 2.05) is 18.3 Å². The van der Waals surface area contributed by atoms with Gasteiger partial charge in [-0.3, -0.25) is 9.88 Å². The summed E-state index contributed by atoms with van der Waals surface area (Å²) in [6, 6.07) is 6.06. The van der Waals surface area contributed by atoms with Crippen LogP contribution in [0.25, 0.3) is 0 Å². The Bertz CT molecular complexity index is 352. The lowest BCUT2D eigenvalue weighted by molar-refractivity contribution is 0.111. The summed E-state index contributed by atoms with van der Waals surface area (Å²) in [4.78, 5) is 6.79. The number of rotatable bonds is 6. The van der Waals surface area contributed by atoms with E-state index in [2.05, 4.69) is 50.6 Å². The van der Waals surface area contributed by atoms with Crippen molar-refractivity contribution in [3.05, 3.63) is 30.1 Å². The first-order valence-electron chi connectivity index (χ1n) is 6.67. The zero-order chi connectivity index (χ0) is 13.8. The van der Waals surface area contributed by atoms with E-state index in [0.717, 1.165) is 25.3 Å². The van der Waals surface area contributed by atoms with Crippen LogP contribution in [0.4, 0.5) is 0 Å². The van der Waals surface area contributed by atoms with Crippen LogP contribution in [0.2, 0.25) is 0 Å². The molecule has 102 valence electrons. The van der Waals surface area contributed by atoms with Gasteiger partial charge in [-0.1, -0.05) is 26.8 Å². The first kappa shape index (κ1) is 15.1. The molecular weight excluding hydrogens is 222 g/mol. The Labute approximate surface area is 111 Å². The molecule has 1 heterocycles. The molecule has 0 aliphatic carbocycles. The maximum atomic E-state index is 6.27. The number of nitrogens with zero attached hydrogens (tertiary/aromatic N) is 2. The Kier molecular flexibility index (Phi) is 4.88. The van der Waals surface area contributed by atoms with E-state index in [1.54, 1.807) is 0 Å². The Morgan fingerprint density at radius 1 is 1.22 bits per heavy atom. The molecule has 0 atom stereocenters. The summed E-state index contributed by atoms with van der Waals surface area (Å²) < 4.78 is 0. The topological polar surface area (TPSA) is 42.2 Å². The third-order valence-electron chi connectivity index (χ3n) is 3.92. The molecule has 0 unspecified atom stereocenters. The molecule has 0 radical (unpaired) electrons. The van der Waals surface area contributed by atoms with Crippen molar-refractivity contribution in [1.82, 2.24) is 9.88 Å². The standard InChI is InChI=1S/C15H27N3/c1-6-18(11-13-9-7-8-10-17-13)12-14(2,3)15(4,5)16/h7-10H,6,11-12,16H2,1-5H3. The molecule has 18 heavy (non-hydrogen) atoms. The van der Waals surface area contributed by atoms with Crippen LogP contribution in [-0.2, 0) is 6.54 Å². The lowest BCUT2D eigenvalue weighted by Crippen LogP contribution is -2.52. The third kappa shape index (κ3) is 4.07. The van der Waals surface area contributed by atoms with E-state index in [-0.39, 0.29) is 11.0 Å². The van der Waals surface area contributed by atoms with Crippen molar-refractivity contribution in [2.75, 3.05) is 13.1 Å². The van der Waals surface area contributed by atoms with Gasteiger partial charge >= 0.3 is 0 Å². The summed E-state index contributed by atoms with van der Waals surface area (Å²) in [6.45, 7) is 13.7. The molecule has 3 nitrogen and oxygen atoms in total. The van der Waals surface area contributed by atoms with E-state index in [9.17, 15) is 0 Å². The smallest absolute Gasteiger partial charge is 0.0543 e. The lowest BCUT2D eigenvalue weighted by Gasteiger charge is -2.42. The summed E-state index contributed by atoms with van der Waals surface area (Å²) in [7, 11) is 0. The fraction of sp³-hybridized carbons (Fsp3) is 0.667. The zero-order valence-corrected chi connectivity index (χ0v) is 12.4. The molecule has 0 spiro atoms. The van der Waals surface area contributed by atoms with Crippen molar-refractivity contribution in [2.24, 2.45) is 11.1 Å². The van der Waals surface area contributed by atoms with Crippen LogP contribution in [0.5, 0.6) is 0 Å². The predicted molar refractivity (Wildman–Crippen MR) is 77.2 cm³/mol. The van der Waals surface area contributed by atoms with Crippen LogP contribution in [0, 0.1) is 5.41 Å². The molecule has 0 aromatic carbocycles. The summed E-state index contributed by atoms with van der Waals surface area (Å²) >= 11 is 0. The van der Waals surface area contributed by atoms with Crippen molar-refractivity contribution in [3.63, 3.8) is 0 Å². The average molecular weight is 249 g/mol. The maximum absolute atomic E-state index is 6.27. The Hall–Kier alpha value is -0.930. The summed E-state index contributed by atoms with van der Waals surface area (Å²) in [5.74, 6) is 0. The number of nitrogens with two attached hydrogens (primary N) is 1. The maximum Gasteiger partial charge on any atom is 0.0543 e. The first-order chi connectivity index (χ1) is 8.26. The quantitative estimate of drug-likeness (QED) is 0.843. The molecule has 0 bridgehead atoms. The SMILES string of the molecule is CCN(Cc1ccccn1)CC(C)(C)C(C)(C)N. The molecule has 2 N–H and O–H groups in total. The second-order valence-electron chi connectivity index (χ2n) is 6.23. The lowest BCUT2D eigenvalue weighted by atomic mass is 9.75. The number of pyridine rings is 1. The molecule has 0 saturated carbocycles. The van der Waals surface area contributed by atoms with Crippen LogP contribution in [0.15, 0.2) is 24.4 Å². The van der Waals surface area contributed by atoms with Gasteiger partial charge in [0, 0.05) is 24.8 Å². The second-order valence-corrected chi connectivity index (χ2v) is 6.23. The largest absolute Gasteiger partial charge is 0.325 e. The minimum atomic E-state index is -0.190. The summed E-state index contributed by atoms with van der Waals surface area (Å²) in [5, 5.41) is 0. The van der Waals surface area contributed by atoms with Crippen molar-refractivity contribution in [2.45, 2.75) is 46.7 Å². The third-order valence-corrected chi connectivity index (χ3v) is 3.92. The molecule has 0 saturated heterocycles. The Morgan fingerprint density at radius 2 is 1.89 bits per heavy atom. The van der Waals surface area contributed by atoms with Crippen molar-refractivity contribution < 1.29 is 0 Å². The molecule has 0 aliphatic rings. The molecular formula is C15H27N3. The minimum Gasteiger partial charge on any atom is -0.325 e. The monoisotopic (exact) mass is 249 g/mol. The van der Waals surface area contributed by atoms with Gasteiger partial charge in [0.1, 0.15) is 0 Å². The summed E-state index contributed by atoms with van der Waals surface area (Å²) in [6.07, 6.45) is 1.85. The number of hydrogen-bond donors (Lipinski definition) is 1. The van der Waals surface area contributed by atoms with Gasteiger partial charge in [-0.25, -0.2) is 0 Å². The Morgan fingerprint density at radius 3 is 2.33 bits per heavy atom. The van der Waals surface area contributed by atoms with Gasteiger partial charge in [0.05, 0.1) is 5.69 Å². The van der Waals surface area contributed by atoms with Crippen molar-refractivity contribution in [1.29, 1.82) is 0 Å². The van der Waals surface area contributed by atoms with E-state index in [4.69, 9.17) is 5.73 Å². The van der Waals surface area contributed by atoms with E-state index in [1.165, 1.54) is 0 Å². The van der Waals surface area contributed by atoms with Gasteiger partial charge in [0.25, 0.3) is 0 Å². The van der Waals surface area contributed by atoms with E-state index in [0.29, 0.717) is 0 Å². The molecule has 0 amide bonds. The molecule has 1 rings (SSSR count). The average Bonchev–Trinajstić information content (AvgIpc) is 2.27. The first-order valence-corrected chi connectivity index (χ1v) is 6.67. The molecule has 1 aromatic heterocycles. The Balaban J connectivity index is 2.69. The fourth-order valence-electron chi connectivity index (χ4n) is 1.76. The van der Waals surface area contributed by atoms with Crippen molar-refractivity contribution >= 4 is 0 Å². The minimum absolute atomic E-state index is 0.0673. The van der Waals surface area contributed by atoms with Crippen LogP contribution in [0.1, 0.15) is 40.3 Å². The summed E-state index contributed by atoms with van der Waals surface area (Å²) in [5.41, 5.74) is 7.26. The molecule has 1 aromatic rings. The molecule has 0 fully saturated rings. The number of hydrogen-bond acceptors (Lipinski definition) is 3. The highest BCUT2D eigenvalue weighted by Gasteiger charge is 2.34. The highest BCUT2D eigenvalue weighted by Crippen LogP contribution is 2.29. The van der Waals surface area contributed by atoms with Crippen LogP contribution >= 0.6 is 0 Å². The fourth-order valence-corrected chi connectivity index (χ4v) is 1.76. The van der Waals surface area contributed by atoms with Gasteiger partial charge in [-0.15, -0.1) is 0 Å². The van der Waals surface area contributed by atoms with Gasteiger partial charge in [0.15, 0.2) is 0 Å². The van der Waals surface area contributed by atoms with E-state index < -0.39 is 0 Å². The van der Waals surface area contributed by atoms with Crippen LogP contribution < -0.4 is 5.73 Å². The van der Waals surface area contributed by atoms with E-state index >= 15 is 0 Å².